The van der Waals surface area contributed by atoms with Crippen LogP contribution in [-0.2, 0) is 17.6 Å². The monoisotopic (exact) mass is 549 g/mol. The summed E-state index contributed by atoms with van der Waals surface area (Å²) in [6.45, 7) is 5.16. The van der Waals surface area contributed by atoms with Gasteiger partial charge in [-0.1, -0.05) is 57.1 Å². The van der Waals surface area contributed by atoms with E-state index in [-0.39, 0.29) is 5.91 Å². The van der Waals surface area contributed by atoms with Gasteiger partial charge in [0.15, 0.2) is 11.5 Å². The zero-order valence-electron chi connectivity index (χ0n) is 24.5. The first kappa shape index (κ1) is 33.2. The minimum atomic E-state index is -0.168. The number of hydrogen-bond donors (Lipinski definition) is 1. The SMILES string of the molecule is C#C.NC(=O)CCCCCCCCCCCc1cccnc1.c1cc2c(cc1CCCN1CCCC1)OCCO2. The fourth-order valence-electron chi connectivity index (χ4n) is 5.17. The molecule has 0 atom stereocenters. The Morgan fingerprint density at radius 3 is 2.08 bits per heavy atom. The molecule has 3 heterocycles. The quantitative estimate of drug-likeness (QED) is 0.185. The first-order valence-corrected chi connectivity index (χ1v) is 15.3. The Hall–Kier alpha value is -3.04. The summed E-state index contributed by atoms with van der Waals surface area (Å²) in [5, 5.41) is 0. The fourth-order valence-corrected chi connectivity index (χ4v) is 5.17. The summed E-state index contributed by atoms with van der Waals surface area (Å²) in [4.78, 5) is 17.3. The predicted octanol–water partition coefficient (Wildman–Crippen LogP) is 6.75. The number of aromatic nitrogens is 1. The number of primary amides is 1. The van der Waals surface area contributed by atoms with Crippen LogP contribution in [0.5, 0.6) is 11.5 Å². The number of carbonyl (C=O) groups excluding carboxylic acids is 1. The van der Waals surface area contributed by atoms with E-state index >= 15 is 0 Å². The van der Waals surface area contributed by atoms with Gasteiger partial charge in [-0.3, -0.25) is 9.78 Å². The van der Waals surface area contributed by atoms with Gasteiger partial charge in [0.2, 0.25) is 5.91 Å². The highest BCUT2D eigenvalue weighted by atomic mass is 16.6. The Morgan fingerprint density at radius 1 is 0.800 bits per heavy atom. The smallest absolute Gasteiger partial charge is 0.217 e. The molecule has 1 fully saturated rings. The first-order chi connectivity index (χ1) is 19.7. The molecule has 4 rings (SSSR count). The van der Waals surface area contributed by atoms with Crippen molar-refractivity contribution in [3.63, 3.8) is 0 Å². The molecule has 0 spiro atoms. The van der Waals surface area contributed by atoms with Gasteiger partial charge in [-0.2, -0.15) is 0 Å². The lowest BCUT2D eigenvalue weighted by Gasteiger charge is -2.19. The van der Waals surface area contributed by atoms with Crippen LogP contribution in [0.15, 0.2) is 42.7 Å². The van der Waals surface area contributed by atoms with Crippen molar-refractivity contribution < 1.29 is 14.3 Å². The van der Waals surface area contributed by atoms with Crippen molar-refractivity contribution >= 4 is 5.91 Å². The standard InChI is InChI=1S/C17H28N2O.C15H21NO2.C2H2/c18-17(20)13-9-7-5-3-1-2-4-6-8-11-16-12-10-14-19-15-16;1-2-8-16(7-1)9-3-4-13-5-6-14-15(12-13)18-11-10-17-14;1-2/h10,12,14-15H,1-9,11,13H2,(H2,18,20);5-6,12H,1-4,7-11H2;1-2H. The van der Waals surface area contributed by atoms with Gasteiger partial charge >= 0.3 is 0 Å². The van der Waals surface area contributed by atoms with E-state index < -0.39 is 0 Å². The molecule has 0 radical (unpaired) electrons. The van der Waals surface area contributed by atoms with Crippen LogP contribution in [0.1, 0.15) is 94.6 Å². The number of benzene rings is 1. The maximum atomic E-state index is 10.6. The third-order valence-electron chi connectivity index (χ3n) is 7.36. The summed E-state index contributed by atoms with van der Waals surface area (Å²) in [6.07, 6.45) is 29.8. The Kier molecular flexibility index (Phi) is 18.0. The lowest BCUT2D eigenvalue weighted by atomic mass is 10.0. The van der Waals surface area contributed by atoms with Crippen molar-refractivity contribution in [2.75, 3.05) is 32.8 Å². The number of aryl methyl sites for hydroxylation is 2. The lowest BCUT2D eigenvalue weighted by Crippen LogP contribution is -2.20. The van der Waals surface area contributed by atoms with Gasteiger partial charge in [-0.15, -0.1) is 12.8 Å². The number of nitrogens with zero attached hydrogens (tertiary/aromatic N) is 2. The van der Waals surface area contributed by atoms with Crippen molar-refractivity contribution in [1.82, 2.24) is 9.88 Å². The molecule has 6 heteroatoms. The van der Waals surface area contributed by atoms with Crippen LogP contribution in [0.3, 0.4) is 0 Å². The second-order valence-corrected chi connectivity index (χ2v) is 10.6. The van der Waals surface area contributed by atoms with E-state index in [1.54, 1.807) is 0 Å². The number of nitrogens with two attached hydrogens (primary N) is 1. The van der Waals surface area contributed by atoms with Gasteiger partial charge in [-0.25, -0.2) is 0 Å². The van der Waals surface area contributed by atoms with Crippen molar-refractivity contribution in [2.24, 2.45) is 5.73 Å². The molecule has 0 unspecified atom stereocenters. The molecular formula is C34H51N3O3. The number of unbranched alkanes of at least 4 members (excludes halogenated alkanes) is 8. The molecular weight excluding hydrogens is 498 g/mol. The second-order valence-electron chi connectivity index (χ2n) is 10.6. The minimum Gasteiger partial charge on any atom is -0.486 e. The van der Waals surface area contributed by atoms with E-state index in [2.05, 4.69) is 40.9 Å². The topological polar surface area (TPSA) is 77.7 Å². The van der Waals surface area contributed by atoms with Crippen molar-refractivity contribution in [2.45, 2.75) is 96.3 Å². The minimum absolute atomic E-state index is 0.168. The molecule has 0 saturated carbocycles. The number of hydrogen-bond acceptors (Lipinski definition) is 5. The van der Waals surface area contributed by atoms with Crippen molar-refractivity contribution in [3.8, 4) is 24.3 Å². The van der Waals surface area contributed by atoms with Crippen LogP contribution in [0.2, 0.25) is 0 Å². The molecule has 1 aromatic heterocycles. The van der Waals surface area contributed by atoms with E-state index in [0.717, 1.165) is 37.2 Å². The number of pyridine rings is 1. The maximum absolute atomic E-state index is 10.6. The van der Waals surface area contributed by atoms with Gasteiger partial charge in [-0.05, 0) is 93.9 Å². The van der Waals surface area contributed by atoms with Crippen LogP contribution in [0, 0.1) is 12.8 Å². The summed E-state index contributed by atoms with van der Waals surface area (Å²) in [7, 11) is 0. The van der Waals surface area contributed by atoms with Crippen LogP contribution in [-0.4, -0.2) is 48.6 Å². The van der Waals surface area contributed by atoms with Crippen LogP contribution in [0.4, 0.5) is 0 Å². The number of carbonyl (C=O) groups is 1. The number of rotatable bonds is 16. The average molecular weight is 550 g/mol. The lowest BCUT2D eigenvalue weighted by molar-refractivity contribution is -0.118. The molecule has 220 valence electrons. The molecule has 1 amide bonds. The van der Waals surface area contributed by atoms with E-state index in [4.69, 9.17) is 15.2 Å². The highest BCUT2D eigenvalue weighted by molar-refractivity contribution is 5.73. The van der Waals surface area contributed by atoms with Gasteiger partial charge in [0, 0.05) is 18.8 Å². The molecule has 1 aromatic carbocycles. The largest absolute Gasteiger partial charge is 0.486 e. The number of amides is 1. The number of likely N-dealkylation sites (tertiary alicyclic amines) is 1. The zero-order chi connectivity index (χ0) is 28.7. The molecule has 2 N–H and O–H groups in total. The third-order valence-corrected chi connectivity index (χ3v) is 7.36. The average Bonchev–Trinajstić information content (AvgIpc) is 3.51. The highest BCUT2D eigenvalue weighted by Gasteiger charge is 2.13. The van der Waals surface area contributed by atoms with Gasteiger partial charge in [0.25, 0.3) is 0 Å². The molecule has 40 heavy (non-hydrogen) atoms. The molecule has 0 aliphatic carbocycles. The fraction of sp³-hybridized carbons (Fsp3) is 0.588. The molecule has 2 aromatic rings. The van der Waals surface area contributed by atoms with Gasteiger partial charge in [0.1, 0.15) is 13.2 Å². The second kappa shape index (κ2) is 21.7. The Labute approximate surface area is 243 Å². The van der Waals surface area contributed by atoms with E-state index in [1.807, 2.05) is 24.5 Å². The first-order valence-electron chi connectivity index (χ1n) is 15.3. The van der Waals surface area contributed by atoms with Crippen LogP contribution < -0.4 is 15.2 Å². The van der Waals surface area contributed by atoms with Gasteiger partial charge < -0.3 is 20.1 Å². The Balaban J connectivity index is 0.000000265. The van der Waals surface area contributed by atoms with Crippen LogP contribution >= 0.6 is 0 Å². The number of ether oxygens (including phenoxy) is 2. The molecule has 2 aliphatic rings. The highest BCUT2D eigenvalue weighted by Crippen LogP contribution is 2.31. The predicted molar refractivity (Wildman–Crippen MR) is 165 cm³/mol. The molecule has 6 nitrogen and oxygen atoms in total. The van der Waals surface area contributed by atoms with E-state index in [1.165, 1.54) is 95.0 Å². The third kappa shape index (κ3) is 14.9. The summed E-state index contributed by atoms with van der Waals surface area (Å²) < 4.78 is 11.1. The summed E-state index contributed by atoms with van der Waals surface area (Å²) in [6, 6.07) is 10.5. The Morgan fingerprint density at radius 2 is 1.43 bits per heavy atom. The van der Waals surface area contributed by atoms with Gasteiger partial charge in [0.05, 0.1) is 0 Å². The molecule has 0 bridgehead atoms. The Bertz CT molecular complexity index is 942. The van der Waals surface area contributed by atoms with E-state index in [9.17, 15) is 4.79 Å². The molecule has 1 saturated heterocycles. The van der Waals surface area contributed by atoms with Crippen molar-refractivity contribution in [1.29, 1.82) is 0 Å². The number of terminal acetylenes is 1. The number of fused-ring (bicyclic) bond motifs is 1. The van der Waals surface area contributed by atoms with Crippen molar-refractivity contribution in [3.05, 3.63) is 53.9 Å². The summed E-state index contributed by atoms with van der Waals surface area (Å²) in [5.74, 6) is 1.64. The molecule has 2 aliphatic heterocycles. The maximum Gasteiger partial charge on any atom is 0.217 e. The normalized spacial score (nSPS) is 13.9. The van der Waals surface area contributed by atoms with E-state index in [0.29, 0.717) is 19.6 Å². The van der Waals surface area contributed by atoms with Crippen LogP contribution in [0.25, 0.3) is 0 Å². The summed E-state index contributed by atoms with van der Waals surface area (Å²) in [5.41, 5.74) is 7.81. The summed E-state index contributed by atoms with van der Waals surface area (Å²) >= 11 is 0. The zero-order valence-corrected chi connectivity index (χ0v) is 24.5.